The molecule has 5 nitrogen and oxygen atoms in total. The lowest BCUT2D eigenvalue weighted by Gasteiger charge is -2.34. The lowest BCUT2D eigenvalue weighted by atomic mass is 9.96. The van der Waals surface area contributed by atoms with Gasteiger partial charge >= 0.3 is 0 Å². The van der Waals surface area contributed by atoms with E-state index < -0.39 is 11.6 Å². The van der Waals surface area contributed by atoms with Gasteiger partial charge in [-0.1, -0.05) is 11.6 Å². The SMILES string of the molecule is O=C(Nc1ccc(Cl)cn1)C1CCCN(c2ccnc3c(F)ccc(F)c23)C1. The summed E-state index contributed by atoms with van der Waals surface area (Å²) >= 11 is 5.81. The topological polar surface area (TPSA) is 58.1 Å². The largest absolute Gasteiger partial charge is 0.370 e. The van der Waals surface area contributed by atoms with Crippen LogP contribution in [0.1, 0.15) is 12.8 Å². The maximum Gasteiger partial charge on any atom is 0.230 e. The van der Waals surface area contributed by atoms with Crippen molar-refractivity contribution < 1.29 is 13.6 Å². The number of amides is 1. The van der Waals surface area contributed by atoms with Crippen molar-refractivity contribution in [3.63, 3.8) is 0 Å². The van der Waals surface area contributed by atoms with Gasteiger partial charge in [-0.15, -0.1) is 0 Å². The zero-order valence-corrected chi connectivity index (χ0v) is 15.6. The molecular weight excluding hydrogens is 386 g/mol. The molecule has 0 spiro atoms. The molecule has 0 saturated carbocycles. The second-order valence-corrected chi connectivity index (χ2v) is 7.16. The van der Waals surface area contributed by atoms with Gasteiger partial charge in [-0.2, -0.15) is 0 Å². The number of benzene rings is 1. The predicted molar refractivity (Wildman–Crippen MR) is 104 cm³/mol. The highest BCUT2D eigenvalue weighted by molar-refractivity contribution is 6.30. The van der Waals surface area contributed by atoms with E-state index in [9.17, 15) is 13.6 Å². The van der Waals surface area contributed by atoms with Gasteiger partial charge in [0.25, 0.3) is 0 Å². The summed E-state index contributed by atoms with van der Waals surface area (Å²) in [6.45, 7) is 1.05. The molecule has 1 fully saturated rings. The Balaban J connectivity index is 1.57. The van der Waals surface area contributed by atoms with Crippen LogP contribution >= 0.6 is 11.6 Å². The first-order chi connectivity index (χ1) is 13.5. The molecule has 0 aliphatic carbocycles. The Morgan fingerprint density at radius 3 is 2.75 bits per heavy atom. The first kappa shape index (κ1) is 18.6. The van der Waals surface area contributed by atoms with Crippen LogP contribution in [0.5, 0.6) is 0 Å². The van der Waals surface area contributed by atoms with Crippen LogP contribution in [0.2, 0.25) is 5.02 Å². The Morgan fingerprint density at radius 2 is 1.96 bits per heavy atom. The van der Waals surface area contributed by atoms with Crippen molar-refractivity contribution in [2.75, 3.05) is 23.3 Å². The molecule has 8 heteroatoms. The van der Waals surface area contributed by atoms with Crippen LogP contribution in [0, 0.1) is 17.6 Å². The number of hydrogen-bond donors (Lipinski definition) is 1. The first-order valence-electron chi connectivity index (χ1n) is 8.93. The maximum absolute atomic E-state index is 14.4. The number of anilines is 2. The fraction of sp³-hybridized carbons (Fsp3) is 0.250. The van der Waals surface area contributed by atoms with Gasteiger partial charge in [-0.3, -0.25) is 9.78 Å². The zero-order valence-electron chi connectivity index (χ0n) is 14.8. The minimum absolute atomic E-state index is 0.00515. The van der Waals surface area contributed by atoms with Gasteiger partial charge in [-0.25, -0.2) is 13.8 Å². The number of rotatable bonds is 3. The summed E-state index contributed by atoms with van der Waals surface area (Å²) in [7, 11) is 0. The van der Waals surface area contributed by atoms with Crippen LogP contribution in [0.3, 0.4) is 0 Å². The van der Waals surface area contributed by atoms with Crippen LogP contribution in [0.15, 0.2) is 42.7 Å². The molecule has 4 rings (SSSR count). The van der Waals surface area contributed by atoms with Gasteiger partial charge in [0, 0.05) is 25.5 Å². The molecule has 3 heterocycles. The van der Waals surface area contributed by atoms with Crippen LogP contribution in [0.4, 0.5) is 20.3 Å². The molecule has 1 amide bonds. The van der Waals surface area contributed by atoms with Gasteiger partial charge in [0.05, 0.1) is 22.0 Å². The Bertz CT molecular complexity index is 1030. The summed E-state index contributed by atoms with van der Waals surface area (Å²) in [6.07, 6.45) is 4.38. The summed E-state index contributed by atoms with van der Waals surface area (Å²) in [5.74, 6) is -1.14. The highest BCUT2D eigenvalue weighted by Gasteiger charge is 2.28. The molecule has 144 valence electrons. The lowest BCUT2D eigenvalue weighted by molar-refractivity contribution is -0.120. The Kier molecular flexibility index (Phi) is 5.09. The second kappa shape index (κ2) is 7.67. The van der Waals surface area contributed by atoms with E-state index in [4.69, 9.17) is 11.6 Å². The fourth-order valence-corrected chi connectivity index (χ4v) is 3.64. The Morgan fingerprint density at radius 1 is 1.14 bits per heavy atom. The number of nitrogens with one attached hydrogen (secondary N) is 1. The third-order valence-electron chi connectivity index (χ3n) is 4.88. The van der Waals surface area contributed by atoms with E-state index in [1.165, 1.54) is 12.4 Å². The second-order valence-electron chi connectivity index (χ2n) is 6.72. The van der Waals surface area contributed by atoms with E-state index in [1.807, 2.05) is 4.90 Å². The maximum atomic E-state index is 14.4. The molecule has 0 bridgehead atoms. The van der Waals surface area contributed by atoms with Crippen molar-refractivity contribution in [1.82, 2.24) is 9.97 Å². The smallest absolute Gasteiger partial charge is 0.230 e. The van der Waals surface area contributed by atoms with Crippen LogP contribution in [-0.4, -0.2) is 29.0 Å². The molecule has 1 N–H and O–H groups in total. The third-order valence-corrected chi connectivity index (χ3v) is 5.11. The van der Waals surface area contributed by atoms with Gasteiger partial charge in [0.15, 0.2) is 0 Å². The summed E-state index contributed by atoms with van der Waals surface area (Å²) in [6, 6.07) is 7.11. The monoisotopic (exact) mass is 402 g/mol. The number of hydrogen-bond acceptors (Lipinski definition) is 4. The van der Waals surface area contributed by atoms with E-state index in [0.29, 0.717) is 36.0 Å². The Hall–Kier alpha value is -2.80. The van der Waals surface area contributed by atoms with Crippen LogP contribution < -0.4 is 10.2 Å². The number of carbonyl (C=O) groups excluding carboxylic acids is 1. The van der Waals surface area contributed by atoms with Crippen molar-refractivity contribution in [1.29, 1.82) is 0 Å². The number of aromatic nitrogens is 2. The number of nitrogens with zero attached hydrogens (tertiary/aromatic N) is 3. The van der Waals surface area contributed by atoms with Crippen molar-refractivity contribution in [2.24, 2.45) is 5.92 Å². The molecule has 1 saturated heterocycles. The highest BCUT2D eigenvalue weighted by atomic mass is 35.5. The predicted octanol–water partition coefficient (Wildman–Crippen LogP) is 4.42. The minimum atomic E-state index is -0.571. The fourth-order valence-electron chi connectivity index (χ4n) is 3.53. The summed E-state index contributed by atoms with van der Waals surface area (Å²) in [5.41, 5.74) is 0.540. The normalized spacial score (nSPS) is 17.0. The number of carbonyl (C=O) groups is 1. The molecule has 1 aromatic carbocycles. The quantitative estimate of drug-likeness (QED) is 0.704. The number of fused-ring (bicyclic) bond motifs is 1. The van der Waals surface area contributed by atoms with E-state index in [-0.39, 0.29) is 22.7 Å². The molecule has 1 aliphatic heterocycles. The van der Waals surface area contributed by atoms with Gasteiger partial charge in [0.1, 0.15) is 23.0 Å². The molecule has 3 aromatic rings. The van der Waals surface area contributed by atoms with Crippen LogP contribution in [-0.2, 0) is 4.79 Å². The average molecular weight is 403 g/mol. The van der Waals surface area contributed by atoms with E-state index in [1.54, 1.807) is 18.2 Å². The molecule has 0 radical (unpaired) electrons. The molecule has 1 aliphatic rings. The molecular formula is C20H17ClF2N4O. The van der Waals surface area contributed by atoms with E-state index >= 15 is 0 Å². The van der Waals surface area contributed by atoms with Crippen molar-refractivity contribution in [2.45, 2.75) is 12.8 Å². The Labute approximate surface area is 165 Å². The third kappa shape index (κ3) is 3.62. The molecule has 1 unspecified atom stereocenters. The highest BCUT2D eigenvalue weighted by Crippen LogP contribution is 2.32. The van der Waals surface area contributed by atoms with Crippen molar-refractivity contribution in [3.8, 4) is 0 Å². The number of pyridine rings is 2. The van der Waals surface area contributed by atoms with Crippen molar-refractivity contribution in [3.05, 3.63) is 59.4 Å². The minimum Gasteiger partial charge on any atom is -0.370 e. The molecule has 1 atom stereocenters. The van der Waals surface area contributed by atoms with Crippen molar-refractivity contribution >= 4 is 39.9 Å². The summed E-state index contributed by atoms with van der Waals surface area (Å²) in [4.78, 5) is 22.6. The van der Waals surface area contributed by atoms with Gasteiger partial charge < -0.3 is 10.2 Å². The number of halogens is 3. The van der Waals surface area contributed by atoms with Crippen LogP contribution in [0.25, 0.3) is 10.9 Å². The lowest BCUT2D eigenvalue weighted by Crippen LogP contribution is -2.41. The molecule has 28 heavy (non-hydrogen) atoms. The van der Waals surface area contributed by atoms with Gasteiger partial charge in [0.2, 0.25) is 5.91 Å². The zero-order chi connectivity index (χ0) is 19.7. The standard InChI is InChI=1S/C20H17ClF2N4O/c21-13-3-6-17(25-10-13)26-20(28)12-2-1-9-27(11-12)16-7-8-24-19-15(23)5-4-14(22)18(16)19/h3-8,10,12H,1-2,9,11H2,(H,25,26,28). The van der Waals surface area contributed by atoms with E-state index in [2.05, 4.69) is 15.3 Å². The van der Waals surface area contributed by atoms with E-state index in [0.717, 1.165) is 18.6 Å². The van der Waals surface area contributed by atoms with Gasteiger partial charge in [-0.05, 0) is 43.2 Å². The average Bonchev–Trinajstić information content (AvgIpc) is 2.72. The summed E-state index contributed by atoms with van der Waals surface area (Å²) in [5, 5.41) is 3.42. The first-order valence-corrected chi connectivity index (χ1v) is 9.31. The summed E-state index contributed by atoms with van der Waals surface area (Å²) < 4.78 is 28.5. The number of piperidine rings is 1. The molecule has 2 aromatic heterocycles.